The van der Waals surface area contributed by atoms with Gasteiger partial charge in [-0.15, -0.1) is 11.3 Å². The van der Waals surface area contributed by atoms with Gasteiger partial charge in [0.2, 0.25) is 0 Å². The predicted octanol–water partition coefficient (Wildman–Crippen LogP) is 12.2. The predicted molar refractivity (Wildman–Crippen MR) is 204 cm³/mol. The first-order valence-electron chi connectivity index (χ1n) is 16.3. The summed E-state index contributed by atoms with van der Waals surface area (Å²) in [6.45, 7) is 0. The highest BCUT2D eigenvalue weighted by atomic mass is 32.1. The normalized spacial score (nSPS) is 12.2. The molecule has 0 N–H and O–H groups in total. The molecule has 3 aromatic heterocycles. The molecule has 0 spiro atoms. The molecule has 0 unspecified atom stereocenters. The first-order valence-corrected chi connectivity index (χ1v) is 17.1. The van der Waals surface area contributed by atoms with Gasteiger partial charge in [-0.1, -0.05) is 109 Å². The topological polar surface area (TPSA) is 30.7 Å². The van der Waals surface area contributed by atoms with Gasteiger partial charge in [0.15, 0.2) is 0 Å². The van der Waals surface area contributed by atoms with E-state index in [4.69, 9.17) is 9.97 Å². The molecule has 3 nitrogen and oxygen atoms in total. The summed E-state index contributed by atoms with van der Waals surface area (Å²) < 4.78 is 5.11. The third-order valence-corrected chi connectivity index (χ3v) is 11.1. The largest absolute Gasteiger partial charge is 0.309 e. The van der Waals surface area contributed by atoms with Crippen molar-refractivity contribution in [1.29, 1.82) is 0 Å². The molecule has 48 heavy (non-hydrogen) atoms. The third kappa shape index (κ3) is 3.52. The fourth-order valence-electron chi connectivity index (χ4n) is 7.91. The Bertz CT molecular complexity index is 2960. The summed E-state index contributed by atoms with van der Waals surface area (Å²) in [6, 6.07) is 54.5. The van der Waals surface area contributed by atoms with Crippen LogP contribution in [0, 0.1) is 0 Å². The van der Waals surface area contributed by atoms with Crippen LogP contribution in [0.1, 0.15) is 0 Å². The zero-order valence-electron chi connectivity index (χ0n) is 25.7. The molecule has 8 aromatic carbocycles. The minimum Gasteiger partial charge on any atom is -0.309 e. The van der Waals surface area contributed by atoms with Gasteiger partial charge in [0.1, 0.15) is 0 Å². The number of aromatic nitrogens is 3. The quantitative estimate of drug-likeness (QED) is 0.195. The van der Waals surface area contributed by atoms with Crippen LogP contribution < -0.4 is 0 Å². The van der Waals surface area contributed by atoms with Crippen LogP contribution in [-0.4, -0.2) is 14.5 Å². The van der Waals surface area contributed by atoms with Crippen molar-refractivity contribution in [2.75, 3.05) is 0 Å². The van der Waals surface area contributed by atoms with E-state index in [1.807, 2.05) is 35.6 Å². The zero-order valence-corrected chi connectivity index (χ0v) is 26.5. The van der Waals surface area contributed by atoms with Crippen LogP contribution in [0.2, 0.25) is 0 Å². The molecular formula is C44H25N3S. The summed E-state index contributed by atoms with van der Waals surface area (Å²) in [5.74, 6) is 0. The second kappa shape index (κ2) is 9.71. The van der Waals surface area contributed by atoms with Crippen LogP contribution >= 0.6 is 11.3 Å². The number of fused-ring (bicyclic) bond motifs is 2. The van der Waals surface area contributed by atoms with Crippen molar-refractivity contribution in [3.05, 3.63) is 152 Å². The number of hydrogen-bond acceptors (Lipinski definition) is 3. The SMILES string of the molecule is c1ccc(-c2nc3ccccc3nc2-c2cccc3c(-n4c5ccc6cccc7sc8cccc9ccc4c(c98)c5c67)cccc23)cc1. The van der Waals surface area contributed by atoms with Gasteiger partial charge in [0.05, 0.1) is 39.1 Å². The van der Waals surface area contributed by atoms with Crippen LogP contribution in [0.25, 0.3) is 103 Å². The van der Waals surface area contributed by atoms with Crippen LogP contribution in [0.3, 0.4) is 0 Å². The van der Waals surface area contributed by atoms with Crippen molar-refractivity contribution in [2.24, 2.45) is 0 Å². The molecule has 4 heteroatoms. The summed E-state index contributed by atoms with van der Waals surface area (Å²) in [7, 11) is 0. The first kappa shape index (κ1) is 26.0. The average Bonchev–Trinajstić information content (AvgIpc) is 3.40. The Kier molecular flexibility index (Phi) is 5.26. The van der Waals surface area contributed by atoms with E-state index in [1.165, 1.54) is 58.1 Å². The Morgan fingerprint density at radius 2 is 1.00 bits per heavy atom. The summed E-state index contributed by atoms with van der Waals surface area (Å²) in [5, 5.41) is 10.2. The second-order valence-corrected chi connectivity index (χ2v) is 13.6. The Morgan fingerprint density at radius 1 is 0.417 bits per heavy atom. The minimum absolute atomic E-state index is 0.889. The smallest absolute Gasteiger partial charge is 0.0979 e. The molecule has 0 aliphatic heterocycles. The van der Waals surface area contributed by atoms with E-state index in [0.29, 0.717) is 0 Å². The maximum atomic E-state index is 5.28. The van der Waals surface area contributed by atoms with Gasteiger partial charge in [-0.3, -0.25) is 0 Å². The maximum Gasteiger partial charge on any atom is 0.0979 e. The van der Waals surface area contributed by atoms with Gasteiger partial charge in [-0.2, -0.15) is 0 Å². The molecule has 0 fully saturated rings. The highest BCUT2D eigenvalue weighted by Crippen LogP contribution is 2.47. The lowest BCUT2D eigenvalue weighted by molar-refractivity contribution is 1.20. The lowest BCUT2D eigenvalue weighted by atomic mass is 9.97. The van der Waals surface area contributed by atoms with E-state index >= 15 is 0 Å². The molecule has 3 heterocycles. The van der Waals surface area contributed by atoms with Gasteiger partial charge in [-0.05, 0) is 58.6 Å². The van der Waals surface area contributed by atoms with Crippen molar-refractivity contribution in [1.82, 2.24) is 14.5 Å². The first-order chi connectivity index (χ1) is 23.8. The molecule has 0 saturated carbocycles. The summed E-state index contributed by atoms with van der Waals surface area (Å²) in [5.41, 5.74) is 9.30. The summed E-state index contributed by atoms with van der Waals surface area (Å²) in [6.07, 6.45) is 0. The van der Waals surface area contributed by atoms with Crippen LogP contribution in [0.5, 0.6) is 0 Å². The molecular weight excluding hydrogens is 603 g/mol. The van der Waals surface area contributed by atoms with Crippen molar-refractivity contribution < 1.29 is 0 Å². The molecule has 0 atom stereocenters. The molecule has 11 rings (SSSR count). The van der Waals surface area contributed by atoms with Gasteiger partial charge < -0.3 is 4.57 Å². The lowest BCUT2D eigenvalue weighted by Gasteiger charge is -2.16. The molecule has 0 bridgehead atoms. The standard InChI is InChI=1S/C44H25N3S/c1-2-10-28(11-3-1)43-44(46-33-18-5-4-17-32(33)45-43)31-16-8-15-30-29(31)14-9-19-34(30)47-35-24-22-26-12-6-20-37-39(26)41(35)42-36(47)25-23-27-13-7-21-38(48-37)40(27)42/h1-25H. The zero-order chi connectivity index (χ0) is 31.3. The molecule has 11 aromatic rings. The van der Waals surface area contributed by atoms with E-state index in [2.05, 4.69) is 132 Å². The van der Waals surface area contributed by atoms with Gasteiger partial charge >= 0.3 is 0 Å². The molecule has 0 aliphatic rings. The van der Waals surface area contributed by atoms with Crippen molar-refractivity contribution in [2.45, 2.75) is 0 Å². The van der Waals surface area contributed by atoms with Crippen molar-refractivity contribution >= 4 is 85.9 Å². The number of nitrogens with zero attached hydrogens (tertiary/aromatic N) is 3. The fourth-order valence-corrected chi connectivity index (χ4v) is 9.08. The number of para-hydroxylation sites is 2. The highest BCUT2D eigenvalue weighted by Gasteiger charge is 2.22. The Hall–Kier alpha value is -6.10. The lowest BCUT2D eigenvalue weighted by Crippen LogP contribution is -1.98. The van der Waals surface area contributed by atoms with E-state index < -0.39 is 0 Å². The second-order valence-electron chi connectivity index (χ2n) is 12.5. The molecule has 222 valence electrons. The number of hydrogen-bond donors (Lipinski definition) is 0. The van der Waals surface area contributed by atoms with Crippen molar-refractivity contribution in [3.8, 4) is 28.2 Å². The Morgan fingerprint density at radius 3 is 1.69 bits per heavy atom. The number of rotatable bonds is 3. The van der Waals surface area contributed by atoms with E-state index in [-0.39, 0.29) is 0 Å². The fraction of sp³-hybridized carbons (Fsp3) is 0. The van der Waals surface area contributed by atoms with E-state index in [0.717, 1.165) is 44.6 Å². The van der Waals surface area contributed by atoms with Crippen LogP contribution in [-0.2, 0) is 0 Å². The highest BCUT2D eigenvalue weighted by molar-refractivity contribution is 7.24. The molecule has 0 aliphatic carbocycles. The summed E-state index contributed by atoms with van der Waals surface area (Å²) in [4.78, 5) is 10.5. The molecule has 0 saturated heterocycles. The van der Waals surface area contributed by atoms with Crippen LogP contribution in [0.4, 0.5) is 0 Å². The van der Waals surface area contributed by atoms with E-state index in [1.54, 1.807) is 0 Å². The molecule has 0 radical (unpaired) electrons. The average molecular weight is 628 g/mol. The van der Waals surface area contributed by atoms with E-state index in [9.17, 15) is 0 Å². The maximum absolute atomic E-state index is 5.28. The van der Waals surface area contributed by atoms with Crippen molar-refractivity contribution in [3.63, 3.8) is 0 Å². The summed E-state index contributed by atoms with van der Waals surface area (Å²) >= 11 is 1.89. The monoisotopic (exact) mass is 627 g/mol. The Balaban J connectivity index is 1.27. The third-order valence-electron chi connectivity index (χ3n) is 9.94. The van der Waals surface area contributed by atoms with Gasteiger partial charge in [0.25, 0.3) is 0 Å². The number of benzene rings is 8. The van der Waals surface area contributed by atoms with Gasteiger partial charge in [-0.25, -0.2) is 9.97 Å². The minimum atomic E-state index is 0.889. The van der Waals surface area contributed by atoms with Gasteiger partial charge in [0, 0.05) is 47.5 Å². The van der Waals surface area contributed by atoms with Crippen LogP contribution in [0.15, 0.2) is 152 Å². The molecule has 0 amide bonds. The Labute approximate surface area is 279 Å².